The number of piperidine rings is 1. The first-order valence-electron chi connectivity index (χ1n) is 30.5. The standard InChI is InChI=1S/C64H78FN11O14S/c1-7-64(3)62(86)74-25-12-15-47(74)59(83)72(6)49(31-39-17-19-42(20-18-39)71(4)5)60(84)76-35-41(37-91-30-23-52(79)67-34-44-36-75(63(87)90-44)43-21-22-46(45(65)32-43)73-26-28-88-29-27-73)51(78)33-48(76)56(80)69-54(40-13-9-8-10-14-40)61(85)89-38(2)53(58(82)70-64)68-57(81)55-50(77)16-11-24-66-55/h8-11,13-14,16-22,24,32,38,41,44,47-49,53-54,77H,7,12,15,23,25-31,33-37H2,1-6H3,(H,67,79)(H,68,81)(H,69,80)(H,70,82)/t38-,41?,44+,47+,48+,49+,53+,54+,64?/m1/s1. The molecular weight excluding hydrogens is 1200 g/mol. The van der Waals surface area contributed by atoms with Gasteiger partial charge in [-0.3, -0.25) is 43.3 Å². The molecule has 1 aromatic heterocycles. The normalized spacial score (nSPS) is 25.5. The maximum atomic E-state index is 15.9. The molecule has 9 rings (SSSR count). The molecule has 25 nitrogen and oxygen atoms in total. The molecule has 5 aliphatic heterocycles. The maximum Gasteiger partial charge on any atom is 0.414 e. The number of benzene rings is 3. The van der Waals surface area contributed by atoms with Gasteiger partial charge in [-0.1, -0.05) is 49.4 Å². The fraction of sp³-hybridized carbons (Fsp3) is 0.484. The van der Waals surface area contributed by atoms with Gasteiger partial charge >= 0.3 is 12.1 Å². The van der Waals surface area contributed by atoms with Crippen molar-refractivity contribution in [3.05, 3.63) is 114 Å². The molecule has 6 heterocycles. The molecule has 2 unspecified atom stereocenters. The first-order chi connectivity index (χ1) is 43.5. The summed E-state index contributed by atoms with van der Waals surface area (Å²) in [7, 11) is 5.18. The van der Waals surface area contributed by atoms with Gasteiger partial charge in [0.15, 0.2) is 11.7 Å². The molecule has 0 radical (unpaired) electrons. The van der Waals surface area contributed by atoms with Crippen LogP contribution in [-0.2, 0) is 59.0 Å². The summed E-state index contributed by atoms with van der Waals surface area (Å²) in [4.78, 5) is 158. The number of thioether (sulfide) groups is 1. The molecule has 5 saturated heterocycles. The monoisotopic (exact) mass is 1280 g/mol. The van der Waals surface area contributed by atoms with Crippen molar-refractivity contribution in [1.82, 2.24) is 41.0 Å². The Labute approximate surface area is 531 Å². The number of amides is 8. The molecule has 91 heavy (non-hydrogen) atoms. The predicted molar refractivity (Wildman–Crippen MR) is 333 cm³/mol. The van der Waals surface area contributed by atoms with E-state index in [0.29, 0.717) is 49.7 Å². The third-order valence-corrected chi connectivity index (χ3v) is 18.5. The number of fused-ring (bicyclic) bond motifs is 2. The summed E-state index contributed by atoms with van der Waals surface area (Å²) >= 11 is 1.26. The second kappa shape index (κ2) is 29.4. The summed E-state index contributed by atoms with van der Waals surface area (Å²) in [6, 6.07) is 14.9. The number of hydrogen-bond donors (Lipinski definition) is 5. The summed E-state index contributed by atoms with van der Waals surface area (Å²) in [5.41, 5.74) is 0.183. The van der Waals surface area contributed by atoms with Gasteiger partial charge in [-0.25, -0.2) is 19.0 Å². The van der Waals surface area contributed by atoms with Crippen molar-refractivity contribution in [2.24, 2.45) is 5.92 Å². The number of morpholine rings is 1. The van der Waals surface area contributed by atoms with E-state index in [-0.39, 0.29) is 74.8 Å². The Bertz CT molecular complexity index is 3380. The van der Waals surface area contributed by atoms with E-state index < -0.39 is 131 Å². The molecule has 3 aromatic carbocycles. The van der Waals surface area contributed by atoms with E-state index in [9.17, 15) is 33.9 Å². The van der Waals surface area contributed by atoms with Gasteiger partial charge < -0.3 is 65.1 Å². The molecule has 0 saturated carbocycles. The van der Waals surface area contributed by atoms with Crippen LogP contribution in [0.3, 0.4) is 0 Å². The van der Waals surface area contributed by atoms with Crippen molar-refractivity contribution >= 4 is 88.0 Å². The lowest BCUT2D eigenvalue weighted by Crippen LogP contribution is -2.65. The minimum absolute atomic E-state index is 0.0156. The predicted octanol–water partition coefficient (Wildman–Crippen LogP) is 3.13. The van der Waals surface area contributed by atoms with Crippen molar-refractivity contribution in [3.63, 3.8) is 0 Å². The van der Waals surface area contributed by atoms with Crippen LogP contribution in [0, 0.1) is 11.7 Å². The molecule has 9 atom stereocenters. The lowest BCUT2D eigenvalue weighted by Gasteiger charge is -2.42. The van der Waals surface area contributed by atoms with Gasteiger partial charge in [0.2, 0.25) is 35.4 Å². The summed E-state index contributed by atoms with van der Waals surface area (Å²) in [6.07, 6.45) is -1.84. The van der Waals surface area contributed by atoms with E-state index in [1.807, 2.05) is 48.2 Å². The van der Waals surface area contributed by atoms with Gasteiger partial charge in [0.1, 0.15) is 59.3 Å². The Kier molecular flexibility index (Phi) is 21.5. The second-order valence-electron chi connectivity index (χ2n) is 23.7. The number of halogens is 1. The largest absolute Gasteiger partial charge is 0.505 e. The number of nitrogens with zero attached hydrogens (tertiary/aromatic N) is 7. The highest BCUT2D eigenvalue weighted by molar-refractivity contribution is 7.99. The molecule has 0 spiro atoms. The highest BCUT2D eigenvalue weighted by atomic mass is 32.2. The number of carbonyl (C=O) groups excluding carboxylic acids is 10. The minimum Gasteiger partial charge on any atom is -0.505 e. The van der Waals surface area contributed by atoms with Crippen molar-refractivity contribution in [3.8, 4) is 5.75 Å². The van der Waals surface area contributed by atoms with Crippen LogP contribution in [0.15, 0.2) is 91.1 Å². The Balaban J connectivity index is 0.974. The third kappa shape index (κ3) is 15.5. The van der Waals surface area contributed by atoms with Crippen molar-refractivity contribution < 1.29 is 71.7 Å². The van der Waals surface area contributed by atoms with Gasteiger partial charge in [-0.05, 0) is 86.7 Å². The number of carbonyl (C=O) groups is 10. The fourth-order valence-electron chi connectivity index (χ4n) is 11.8. The Morgan fingerprint density at radius 1 is 0.879 bits per heavy atom. The number of ether oxygens (including phenoxy) is 3. The van der Waals surface area contributed by atoms with Crippen LogP contribution in [0.2, 0.25) is 0 Å². The number of aromatic nitrogens is 1. The van der Waals surface area contributed by atoms with Gasteiger partial charge in [0.25, 0.3) is 5.91 Å². The van der Waals surface area contributed by atoms with Gasteiger partial charge in [0.05, 0.1) is 37.7 Å². The highest BCUT2D eigenvalue weighted by Gasteiger charge is 2.49. The SMILES string of the molecule is CCC1(C)NC(=O)[C@@H](NC(=O)c2ncccc2O)[C@@H](C)OC(=O)[C@H](c2ccccc2)NC(=O)[C@@H]2CC(=O)C(CSCCC(=O)NC[C@H]3CN(c4ccc(N5CCOCC5)c(F)c4)C(=O)O3)CN2C(=O)[C@H](Cc2ccc(N(C)C)cc2)N(C)C(=O)[C@@H]2CCCN2C1=O. The molecule has 0 bridgehead atoms. The molecule has 5 fully saturated rings. The maximum absolute atomic E-state index is 15.9. The van der Waals surface area contributed by atoms with E-state index in [0.717, 1.165) is 5.69 Å². The molecule has 8 amide bonds. The van der Waals surface area contributed by atoms with Crippen molar-refractivity contribution in [2.75, 3.05) is 99.8 Å². The third-order valence-electron chi connectivity index (χ3n) is 17.4. The van der Waals surface area contributed by atoms with Crippen LogP contribution < -0.4 is 36.0 Å². The van der Waals surface area contributed by atoms with E-state index in [1.165, 1.54) is 88.8 Å². The Morgan fingerprint density at radius 3 is 2.31 bits per heavy atom. The number of rotatable bonds is 16. The number of pyridine rings is 1. The summed E-state index contributed by atoms with van der Waals surface area (Å²) in [5, 5.41) is 21.4. The van der Waals surface area contributed by atoms with Gasteiger partial charge in [0, 0.05) is 95.9 Å². The number of anilines is 3. The zero-order valence-electron chi connectivity index (χ0n) is 51.8. The Morgan fingerprint density at radius 2 is 1.62 bits per heavy atom. The van der Waals surface area contributed by atoms with Crippen LogP contribution in [0.1, 0.15) is 80.5 Å². The Hall–Kier alpha value is -8.85. The topological polar surface area (TPSA) is 299 Å². The number of esters is 1. The van der Waals surface area contributed by atoms with E-state index >= 15 is 23.6 Å². The summed E-state index contributed by atoms with van der Waals surface area (Å²) in [5.74, 6) is -8.43. The zero-order valence-corrected chi connectivity index (χ0v) is 52.6. The second-order valence-corrected chi connectivity index (χ2v) is 24.9. The fourth-order valence-corrected chi connectivity index (χ4v) is 12.9. The molecular formula is C64H78FN11O14S. The van der Waals surface area contributed by atoms with Crippen LogP contribution in [0.25, 0.3) is 0 Å². The number of cyclic esters (lactones) is 2. The van der Waals surface area contributed by atoms with Crippen molar-refractivity contribution in [2.45, 2.75) is 107 Å². The number of hydrogen-bond acceptors (Lipinski definition) is 18. The lowest BCUT2D eigenvalue weighted by molar-refractivity contribution is -0.157. The first kappa shape index (κ1) is 66.6. The number of nitrogens with one attached hydrogen (secondary N) is 4. The summed E-state index contributed by atoms with van der Waals surface area (Å²) in [6.45, 7) is 6.24. The van der Waals surface area contributed by atoms with Crippen LogP contribution in [0.5, 0.6) is 5.75 Å². The average Bonchev–Trinajstić information content (AvgIpc) is 1.76. The molecule has 27 heteroatoms. The van der Waals surface area contributed by atoms with Gasteiger partial charge in [-0.2, -0.15) is 11.8 Å². The minimum atomic E-state index is -1.77. The number of likely N-dealkylation sites (N-methyl/N-ethyl adjacent to an activating group) is 1. The smallest absolute Gasteiger partial charge is 0.414 e. The van der Waals surface area contributed by atoms with E-state index in [1.54, 1.807) is 37.3 Å². The molecule has 5 aliphatic rings. The summed E-state index contributed by atoms with van der Waals surface area (Å²) < 4.78 is 32.2. The number of ketones is 1. The highest BCUT2D eigenvalue weighted by Crippen LogP contribution is 2.32. The molecule has 5 N–H and O–H groups in total. The van der Waals surface area contributed by atoms with Crippen LogP contribution in [-0.4, -0.2) is 211 Å². The van der Waals surface area contributed by atoms with Crippen molar-refractivity contribution in [1.29, 1.82) is 0 Å². The van der Waals surface area contributed by atoms with E-state index in [4.69, 9.17) is 14.2 Å². The zero-order chi connectivity index (χ0) is 65.3. The number of aromatic hydroxyl groups is 1. The number of Topliss-reactive ketones (excluding diaryl/α,β-unsaturated/α-hetero) is 1. The molecule has 0 aliphatic carbocycles. The average molecular weight is 1280 g/mol. The van der Waals surface area contributed by atoms with Crippen LogP contribution in [0.4, 0.5) is 26.2 Å². The van der Waals surface area contributed by atoms with E-state index in [2.05, 4.69) is 26.3 Å². The lowest BCUT2D eigenvalue weighted by atomic mass is 9.90. The quantitative estimate of drug-likeness (QED) is 0.0795. The molecule has 486 valence electrons. The first-order valence-corrected chi connectivity index (χ1v) is 31.7. The molecule has 4 aromatic rings. The van der Waals surface area contributed by atoms with Crippen LogP contribution >= 0.6 is 11.8 Å². The van der Waals surface area contributed by atoms with Gasteiger partial charge in [-0.15, -0.1) is 0 Å².